The number of carboxylic acids is 1. The first-order valence-corrected chi connectivity index (χ1v) is 10.2. The fourth-order valence-corrected chi connectivity index (χ4v) is 4.27. The molecular weight excluding hydrogens is 475 g/mol. The summed E-state index contributed by atoms with van der Waals surface area (Å²) >= 11 is 17.1. The van der Waals surface area contributed by atoms with E-state index in [1.165, 1.54) is 16.2 Å². The summed E-state index contributed by atoms with van der Waals surface area (Å²) in [6.07, 6.45) is -0.329. The summed E-state index contributed by atoms with van der Waals surface area (Å²) in [4.78, 5) is 29.6. The van der Waals surface area contributed by atoms with Crippen LogP contribution >= 0.6 is 50.5 Å². The van der Waals surface area contributed by atoms with Crippen molar-refractivity contribution in [1.82, 2.24) is 4.98 Å². The van der Waals surface area contributed by atoms with E-state index in [9.17, 15) is 9.59 Å². The normalized spacial score (nSPS) is 10.9. The Morgan fingerprint density at radius 2 is 1.96 bits per heavy atom. The molecular formula is C18H13BrCl2N2O3S. The van der Waals surface area contributed by atoms with Crippen LogP contribution in [0.1, 0.15) is 17.8 Å². The van der Waals surface area contributed by atoms with Crippen LogP contribution in [-0.4, -0.2) is 22.0 Å². The van der Waals surface area contributed by atoms with E-state index in [-0.39, 0.29) is 25.3 Å². The van der Waals surface area contributed by atoms with Crippen molar-refractivity contribution in [3.05, 3.63) is 55.9 Å². The molecule has 1 N–H and O–H groups in total. The maximum atomic E-state index is 12.7. The van der Waals surface area contributed by atoms with Gasteiger partial charge < -0.3 is 10.0 Å². The number of rotatable bonds is 6. The molecule has 0 unspecified atom stereocenters. The smallest absolute Gasteiger partial charge is 0.303 e. The molecule has 2 aromatic carbocycles. The van der Waals surface area contributed by atoms with Crippen molar-refractivity contribution in [2.75, 3.05) is 4.90 Å². The Balaban J connectivity index is 1.94. The highest BCUT2D eigenvalue weighted by molar-refractivity contribution is 9.10. The minimum Gasteiger partial charge on any atom is -0.481 e. The van der Waals surface area contributed by atoms with Crippen LogP contribution in [0, 0.1) is 0 Å². The zero-order chi connectivity index (χ0) is 19.6. The first-order valence-electron chi connectivity index (χ1n) is 7.86. The number of aromatic nitrogens is 1. The molecule has 1 aromatic heterocycles. The van der Waals surface area contributed by atoms with Gasteiger partial charge >= 0.3 is 5.97 Å². The van der Waals surface area contributed by atoms with E-state index in [0.717, 1.165) is 9.17 Å². The number of fused-ring (bicyclic) bond motifs is 1. The number of carbonyl (C=O) groups is 2. The Kier molecular flexibility index (Phi) is 6.37. The van der Waals surface area contributed by atoms with E-state index < -0.39 is 5.97 Å². The predicted octanol–water partition coefficient (Wildman–Crippen LogP) is 5.76. The number of nitrogens with zero attached hydrogens (tertiary/aromatic N) is 2. The molecule has 0 aliphatic carbocycles. The van der Waals surface area contributed by atoms with Gasteiger partial charge in [-0.15, -0.1) is 11.3 Å². The van der Waals surface area contributed by atoms with Gasteiger partial charge in [0.05, 0.1) is 27.7 Å². The summed E-state index contributed by atoms with van der Waals surface area (Å²) in [5.74, 6) is -1.31. The van der Waals surface area contributed by atoms with E-state index in [1.807, 2.05) is 18.2 Å². The van der Waals surface area contributed by atoms with Crippen LogP contribution < -0.4 is 4.90 Å². The molecule has 1 heterocycles. The highest BCUT2D eigenvalue weighted by Crippen LogP contribution is 2.34. The summed E-state index contributed by atoms with van der Waals surface area (Å²) in [5.41, 5.74) is 1.25. The van der Waals surface area contributed by atoms with Crippen LogP contribution in [0.25, 0.3) is 10.2 Å². The average molecular weight is 488 g/mol. The summed E-state index contributed by atoms with van der Waals surface area (Å²) in [5, 5.41) is 10.4. The third-order valence-corrected chi connectivity index (χ3v) is 6.06. The van der Waals surface area contributed by atoms with Gasteiger partial charge in [-0.1, -0.05) is 45.2 Å². The van der Waals surface area contributed by atoms with Crippen LogP contribution in [-0.2, 0) is 16.1 Å². The molecule has 140 valence electrons. The van der Waals surface area contributed by atoms with Gasteiger partial charge in [0.1, 0.15) is 10.5 Å². The lowest BCUT2D eigenvalue weighted by molar-refractivity contribution is -0.138. The quantitative estimate of drug-likeness (QED) is 0.479. The fraction of sp³-hybridized carbons (Fsp3) is 0.167. The number of anilines is 1. The van der Waals surface area contributed by atoms with Gasteiger partial charge in [0.25, 0.3) is 0 Å². The highest BCUT2D eigenvalue weighted by Gasteiger charge is 2.20. The molecule has 3 aromatic rings. The van der Waals surface area contributed by atoms with Crippen molar-refractivity contribution in [2.45, 2.75) is 19.4 Å². The number of halogens is 3. The molecule has 0 saturated carbocycles. The van der Waals surface area contributed by atoms with Gasteiger partial charge in [0.2, 0.25) is 5.91 Å². The maximum absolute atomic E-state index is 12.7. The molecule has 5 nitrogen and oxygen atoms in total. The minimum absolute atomic E-state index is 0.0979. The molecule has 0 saturated heterocycles. The molecule has 9 heteroatoms. The molecule has 0 atom stereocenters. The Labute approximate surface area is 177 Å². The summed E-state index contributed by atoms with van der Waals surface area (Å²) in [7, 11) is 0. The number of carbonyl (C=O) groups excluding carboxylic acids is 1. The van der Waals surface area contributed by atoms with Crippen LogP contribution in [0.3, 0.4) is 0 Å². The Morgan fingerprint density at radius 1 is 1.19 bits per heavy atom. The van der Waals surface area contributed by atoms with Crippen molar-refractivity contribution < 1.29 is 14.7 Å². The monoisotopic (exact) mass is 486 g/mol. The Morgan fingerprint density at radius 3 is 2.67 bits per heavy atom. The van der Waals surface area contributed by atoms with Crippen LogP contribution in [0.5, 0.6) is 0 Å². The number of benzene rings is 2. The topological polar surface area (TPSA) is 70.5 Å². The maximum Gasteiger partial charge on any atom is 0.303 e. The first kappa shape index (κ1) is 20.1. The second-order valence-corrected chi connectivity index (χ2v) is 8.49. The zero-order valence-electron chi connectivity index (χ0n) is 13.8. The highest BCUT2D eigenvalue weighted by atomic mass is 79.9. The van der Waals surface area contributed by atoms with Crippen molar-refractivity contribution in [3.8, 4) is 0 Å². The number of hydrogen-bond donors (Lipinski definition) is 1. The second kappa shape index (κ2) is 8.56. The number of aliphatic carboxylic acids is 1. The molecule has 0 spiro atoms. The number of thiazole rings is 1. The molecule has 27 heavy (non-hydrogen) atoms. The SMILES string of the molecule is O=C(O)CCC(=O)N(Cc1nc2c(Cl)c(Cl)ccc2s1)c1cccc(Br)c1. The van der Waals surface area contributed by atoms with Gasteiger partial charge in [-0.3, -0.25) is 9.59 Å². The second-order valence-electron chi connectivity index (χ2n) is 5.67. The number of carboxylic acid groups (broad SMARTS) is 1. The largest absolute Gasteiger partial charge is 0.481 e. The van der Waals surface area contributed by atoms with Crippen molar-refractivity contribution in [1.29, 1.82) is 0 Å². The van der Waals surface area contributed by atoms with Crippen LogP contribution in [0.15, 0.2) is 40.9 Å². The van der Waals surface area contributed by atoms with E-state index in [2.05, 4.69) is 20.9 Å². The average Bonchev–Trinajstić information content (AvgIpc) is 3.04. The lowest BCUT2D eigenvalue weighted by Gasteiger charge is -2.22. The Hall–Kier alpha value is -1.67. The standard InChI is InChI=1S/C18H13BrCl2N2O3S/c19-10-2-1-3-11(8-10)23(15(24)6-7-16(25)26)9-14-22-18-13(27-14)5-4-12(20)17(18)21/h1-5,8H,6-7,9H2,(H,25,26). The van der Waals surface area contributed by atoms with Crippen molar-refractivity contribution >= 4 is 78.2 Å². The van der Waals surface area contributed by atoms with E-state index in [4.69, 9.17) is 28.3 Å². The number of amides is 1. The van der Waals surface area contributed by atoms with E-state index >= 15 is 0 Å². The molecule has 0 radical (unpaired) electrons. The zero-order valence-corrected chi connectivity index (χ0v) is 17.7. The third kappa shape index (κ3) is 4.79. The molecule has 0 bridgehead atoms. The minimum atomic E-state index is -1.01. The predicted molar refractivity (Wildman–Crippen MR) is 112 cm³/mol. The summed E-state index contributed by atoms with van der Waals surface area (Å²) < 4.78 is 1.68. The first-order chi connectivity index (χ1) is 12.8. The number of hydrogen-bond acceptors (Lipinski definition) is 4. The molecule has 0 aliphatic heterocycles. The third-order valence-electron chi connectivity index (χ3n) is 3.76. The lowest BCUT2D eigenvalue weighted by atomic mass is 10.2. The molecule has 0 fully saturated rings. The van der Waals surface area contributed by atoms with Crippen LogP contribution in [0.4, 0.5) is 5.69 Å². The lowest BCUT2D eigenvalue weighted by Crippen LogP contribution is -2.30. The van der Waals surface area contributed by atoms with Gasteiger partial charge in [0.15, 0.2) is 0 Å². The molecule has 0 aliphatic rings. The summed E-state index contributed by atoms with van der Waals surface area (Å²) in [6, 6.07) is 10.8. The van der Waals surface area contributed by atoms with Gasteiger partial charge in [0, 0.05) is 16.6 Å². The fourth-order valence-electron chi connectivity index (χ4n) is 2.50. The van der Waals surface area contributed by atoms with Gasteiger partial charge in [-0.2, -0.15) is 0 Å². The molecule has 3 rings (SSSR count). The van der Waals surface area contributed by atoms with Gasteiger partial charge in [-0.25, -0.2) is 4.98 Å². The van der Waals surface area contributed by atoms with Gasteiger partial charge in [-0.05, 0) is 30.3 Å². The molecule has 1 amide bonds. The van der Waals surface area contributed by atoms with Crippen molar-refractivity contribution in [3.63, 3.8) is 0 Å². The van der Waals surface area contributed by atoms with Crippen LogP contribution in [0.2, 0.25) is 10.0 Å². The summed E-state index contributed by atoms with van der Waals surface area (Å²) in [6.45, 7) is 0.211. The van der Waals surface area contributed by atoms with E-state index in [0.29, 0.717) is 26.3 Å². The van der Waals surface area contributed by atoms with Crippen molar-refractivity contribution in [2.24, 2.45) is 0 Å². The van der Waals surface area contributed by atoms with E-state index in [1.54, 1.807) is 18.2 Å². The Bertz CT molecular complexity index is 1030.